The Morgan fingerprint density at radius 3 is 2.48 bits per heavy atom. The highest BCUT2D eigenvalue weighted by atomic mass is 16.7. The molecule has 1 aromatic carbocycles. The van der Waals surface area contributed by atoms with Crippen LogP contribution in [0.25, 0.3) is 0 Å². The first-order chi connectivity index (χ1) is 10.1. The van der Waals surface area contributed by atoms with Crippen molar-refractivity contribution in [2.24, 2.45) is 17.0 Å². The standard InChI is InChI=1S/C18H23NO2/c1-11(2)13-4-6-14(7-5-13)17-10-16(17)12(3)19-21-18(20)15-8-9-15/h4-7,11,15-17H,8-10H2,1-3H3/b19-12+. The molecule has 3 nitrogen and oxygen atoms in total. The zero-order chi connectivity index (χ0) is 15.0. The van der Waals surface area contributed by atoms with E-state index in [1.165, 1.54) is 11.1 Å². The third kappa shape index (κ3) is 3.34. The van der Waals surface area contributed by atoms with Crippen molar-refractivity contribution in [2.45, 2.75) is 51.9 Å². The van der Waals surface area contributed by atoms with Gasteiger partial charge in [-0.05, 0) is 49.1 Å². The maximum Gasteiger partial charge on any atom is 0.338 e. The molecule has 0 heterocycles. The molecule has 2 atom stereocenters. The van der Waals surface area contributed by atoms with Crippen LogP contribution in [0, 0.1) is 11.8 Å². The summed E-state index contributed by atoms with van der Waals surface area (Å²) in [5.74, 6) is 1.49. The van der Waals surface area contributed by atoms with Gasteiger partial charge in [-0.25, -0.2) is 4.79 Å². The van der Waals surface area contributed by atoms with Crippen molar-refractivity contribution >= 4 is 11.7 Å². The zero-order valence-corrected chi connectivity index (χ0v) is 13.0. The summed E-state index contributed by atoms with van der Waals surface area (Å²) >= 11 is 0. The molecule has 0 aromatic heterocycles. The number of nitrogens with zero attached hydrogens (tertiary/aromatic N) is 1. The van der Waals surface area contributed by atoms with Crippen LogP contribution in [0.15, 0.2) is 29.4 Å². The maximum absolute atomic E-state index is 11.5. The van der Waals surface area contributed by atoms with Gasteiger partial charge in [0.2, 0.25) is 0 Å². The molecule has 0 aliphatic heterocycles. The molecule has 3 heteroatoms. The second kappa shape index (κ2) is 5.63. The van der Waals surface area contributed by atoms with Crippen LogP contribution in [0.2, 0.25) is 0 Å². The van der Waals surface area contributed by atoms with Gasteiger partial charge in [-0.2, -0.15) is 0 Å². The van der Waals surface area contributed by atoms with Crippen LogP contribution in [0.3, 0.4) is 0 Å². The maximum atomic E-state index is 11.5. The summed E-state index contributed by atoms with van der Waals surface area (Å²) in [6, 6.07) is 8.89. The SMILES string of the molecule is C/C(=N\OC(=O)C1CC1)C1CC1c1ccc(C(C)C)cc1. The molecule has 0 radical (unpaired) electrons. The second-order valence-corrected chi connectivity index (χ2v) is 6.69. The minimum absolute atomic E-state index is 0.111. The number of carbonyl (C=O) groups excluding carboxylic acids is 1. The molecular formula is C18H23NO2. The molecule has 0 bridgehead atoms. The van der Waals surface area contributed by atoms with Gasteiger partial charge < -0.3 is 4.84 Å². The molecule has 2 aliphatic rings. The minimum atomic E-state index is -0.159. The van der Waals surface area contributed by atoms with Gasteiger partial charge >= 0.3 is 5.97 Å². The van der Waals surface area contributed by atoms with E-state index >= 15 is 0 Å². The number of carbonyl (C=O) groups is 1. The van der Waals surface area contributed by atoms with Crippen molar-refractivity contribution in [3.63, 3.8) is 0 Å². The summed E-state index contributed by atoms with van der Waals surface area (Å²) in [5, 5.41) is 4.04. The molecule has 0 spiro atoms. The predicted octanol–water partition coefficient (Wildman–Crippen LogP) is 4.24. The van der Waals surface area contributed by atoms with Gasteiger partial charge in [0.15, 0.2) is 0 Å². The van der Waals surface area contributed by atoms with Crippen molar-refractivity contribution in [1.29, 1.82) is 0 Å². The van der Waals surface area contributed by atoms with E-state index in [-0.39, 0.29) is 11.9 Å². The third-order valence-electron chi connectivity index (χ3n) is 4.55. The van der Waals surface area contributed by atoms with Crippen LogP contribution in [-0.2, 0) is 9.63 Å². The summed E-state index contributed by atoms with van der Waals surface area (Å²) < 4.78 is 0. The normalized spacial score (nSPS) is 25.0. The van der Waals surface area contributed by atoms with Crippen LogP contribution in [0.1, 0.15) is 63.0 Å². The number of oxime groups is 1. The molecule has 0 N–H and O–H groups in total. The molecule has 2 aliphatic carbocycles. The first kappa shape index (κ1) is 14.3. The van der Waals surface area contributed by atoms with Gasteiger partial charge in [0.1, 0.15) is 0 Å². The van der Waals surface area contributed by atoms with Crippen LogP contribution < -0.4 is 0 Å². The highest BCUT2D eigenvalue weighted by Crippen LogP contribution is 2.48. The lowest BCUT2D eigenvalue weighted by Gasteiger charge is -2.06. The molecule has 112 valence electrons. The predicted molar refractivity (Wildman–Crippen MR) is 83.3 cm³/mol. The summed E-state index contributed by atoms with van der Waals surface area (Å²) in [7, 11) is 0. The van der Waals surface area contributed by atoms with Crippen LogP contribution in [-0.4, -0.2) is 11.7 Å². The third-order valence-corrected chi connectivity index (χ3v) is 4.55. The Kier molecular flexibility index (Phi) is 3.83. The zero-order valence-electron chi connectivity index (χ0n) is 13.0. The van der Waals surface area contributed by atoms with E-state index in [4.69, 9.17) is 4.84 Å². The molecular weight excluding hydrogens is 262 g/mol. The van der Waals surface area contributed by atoms with E-state index in [1.807, 2.05) is 6.92 Å². The molecule has 21 heavy (non-hydrogen) atoms. The number of rotatable bonds is 5. The Labute approximate surface area is 126 Å². The monoisotopic (exact) mass is 285 g/mol. The van der Waals surface area contributed by atoms with Gasteiger partial charge in [0.05, 0.1) is 11.6 Å². The van der Waals surface area contributed by atoms with Gasteiger partial charge in [0, 0.05) is 5.92 Å². The molecule has 2 saturated carbocycles. The molecule has 0 amide bonds. The van der Waals surface area contributed by atoms with E-state index in [0.29, 0.717) is 17.8 Å². The number of hydrogen-bond acceptors (Lipinski definition) is 3. The lowest BCUT2D eigenvalue weighted by Crippen LogP contribution is -2.05. The number of hydrogen-bond donors (Lipinski definition) is 0. The highest BCUT2D eigenvalue weighted by molar-refractivity contribution is 5.88. The Morgan fingerprint density at radius 1 is 1.24 bits per heavy atom. The summed E-state index contributed by atoms with van der Waals surface area (Å²) in [6.07, 6.45) is 3.03. The highest BCUT2D eigenvalue weighted by Gasteiger charge is 2.41. The summed E-state index contributed by atoms with van der Waals surface area (Å²) in [4.78, 5) is 16.5. The Balaban J connectivity index is 1.57. The quantitative estimate of drug-likeness (QED) is 0.461. The Bertz CT molecular complexity index is 555. The smallest absolute Gasteiger partial charge is 0.318 e. The topological polar surface area (TPSA) is 38.7 Å². The Morgan fingerprint density at radius 2 is 1.90 bits per heavy atom. The van der Waals surface area contributed by atoms with Gasteiger partial charge in [-0.3, -0.25) is 0 Å². The Hall–Kier alpha value is -1.64. The summed E-state index contributed by atoms with van der Waals surface area (Å²) in [5.41, 5.74) is 3.69. The average molecular weight is 285 g/mol. The summed E-state index contributed by atoms with van der Waals surface area (Å²) in [6.45, 7) is 6.38. The van der Waals surface area contributed by atoms with Crippen molar-refractivity contribution in [3.8, 4) is 0 Å². The van der Waals surface area contributed by atoms with E-state index in [2.05, 4.69) is 43.3 Å². The van der Waals surface area contributed by atoms with Crippen LogP contribution in [0.4, 0.5) is 0 Å². The van der Waals surface area contributed by atoms with Crippen molar-refractivity contribution in [2.75, 3.05) is 0 Å². The first-order valence-electron chi connectivity index (χ1n) is 7.91. The second-order valence-electron chi connectivity index (χ2n) is 6.69. The van der Waals surface area contributed by atoms with Crippen LogP contribution >= 0.6 is 0 Å². The largest absolute Gasteiger partial charge is 0.338 e. The lowest BCUT2D eigenvalue weighted by molar-refractivity contribution is -0.145. The molecule has 3 rings (SSSR count). The van der Waals surface area contributed by atoms with E-state index in [9.17, 15) is 4.79 Å². The molecule has 2 fully saturated rings. The van der Waals surface area contributed by atoms with E-state index in [1.54, 1.807) is 0 Å². The first-order valence-corrected chi connectivity index (χ1v) is 7.91. The number of benzene rings is 1. The molecule has 0 saturated heterocycles. The molecule has 2 unspecified atom stereocenters. The van der Waals surface area contributed by atoms with Gasteiger partial charge in [-0.1, -0.05) is 43.3 Å². The van der Waals surface area contributed by atoms with Gasteiger partial charge in [-0.15, -0.1) is 0 Å². The van der Waals surface area contributed by atoms with Crippen molar-refractivity contribution in [1.82, 2.24) is 0 Å². The van der Waals surface area contributed by atoms with Crippen molar-refractivity contribution < 1.29 is 9.63 Å². The van der Waals surface area contributed by atoms with Gasteiger partial charge in [0.25, 0.3) is 0 Å². The van der Waals surface area contributed by atoms with Crippen LogP contribution in [0.5, 0.6) is 0 Å². The fourth-order valence-corrected chi connectivity index (χ4v) is 2.73. The fourth-order valence-electron chi connectivity index (χ4n) is 2.73. The van der Waals surface area contributed by atoms with E-state index in [0.717, 1.165) is 25.0 Å². The van der Waals surface area contributed by atoms with E-state index < -0.39 is 0 Å². The average Bonchev–Trinajstić information content (AvgIpc) is 3.37. The van der Waals surface area contributed by atoms with Crippen molar-refractivity contribution in [3.05, 3.63) is 35.4 Å². The minimum Gasteiger partial charge on any atom is -0.318 e. The fraction of sp³-hybridized carbons (Fsp3) is 0.556. The lowest BCUT2D eigenvalue weighted by atomic mass is 9.99. The molecule has 1 aromatic rings.